The Morgan fingerprint density at radius 2 is 1.82 bits per heavy atom. The van der Waals surface area contributed by atoms with Crippen molar-refractivity contribution in [2.75, 3.05) is 30.8 Å². The van der Waals surface area contributed by atoms with Gasteiger partial charge in [-0.1, -0.05) is 11.6 Å². The normalized spacial score (nSPS) is 11.2. The van der Waals surface area contributed by atoms with E-state index in [1.54, 1.807) is 0 Å². The molecule has 3 heterocycles. The molecule has 0 fully saturated rings. The summed E-state index contributed by atoms with van der Waals surface area (Å²) in [6.07, 6.45) is -1.38. The molecule has 0 bridgehead atoms. The summed E-state index contributed by atoms with van der Waals surface area (Å²) in [5.74, 6) is -0.989. The number of aromatic nitrogens is 4. The van der Waals surface area contributed by atoms with E-state index in [9.17, 15) is 22.8 Å². The molecular formula is C19H18ClF3N8O2S. The number of carbonyl (C=O) groups excluding carboxylic acids is 2. The largest absolute Gasteiger partial charge is 0.418 e. The molecule has 0 saturated carbocycles. The fourth-order valence-electron chi connectivity index (χ4n) is 2.54. The van der Waals surface area contributed by atoms with Crippen molar-refractivity contribution in [3.05, 3.63) is 57.0 Å². The van der Waals surface area contributed by atoms with Gasteiger partial charge in [-0.15, -0.1) is 11.3 Å². The SMILES string of the molecule is CNCCNc1cc(C(=O)NCc2ncc(C(=O)Nc3cc(C(F)(F)F)c(Cl)cn3)s2)ncn1. The van der Waals surface area contributed by atoms with Crippen molar-refractivity contribution in [1.82, 2.24) is 30.6 Å². The van der Waals surface area contributed by atoms with Gasteiger partial charge in [0.25, 0.3) is 11.8 Å². The molecule has 3 aromatic heterocycles. The molecule has 3 aromatic rings. The number of carbonyl (C=O) groups is 2. The Hall–Kier alpha value is -3.36. The fourth-order valence-corrected chi connectivity index (χ4v) is 3.50. The van der Waals surface area contributed by atoms with Gasteiger partial charge in [-0.05, 0) is 13.1 Å². The van der Waals surface area contributed by atoms with Gasteiger partial charge in [-0.2, -0.15) is 13.2 Å². The molecule has 15 heteroatoms. The number of anilines is 2. The average Bonchev–Trinajstić information content (AvgIpc) is 3.28. The van der Waals surface area contributed by atoms with Crippen LogP contribution in [0, 0.1) is 0 Å². The highest BCUT2D eigenvalue weighted by atomic mass is 35.5. The molecule has 34 heavy (non-hydrogen) atoms. The highest BCUT2D eigenvalue weighted by molar-refractivity contribution is 7.13. The average molecular weight is 515 g/mol. The molecule has 2 amide bonds. The van der Waals surface area contributed by atoms with Gasteiger partial charge in [-0.3, -0.25) is 9.59 Å². The number of hydrogen-bond acceptors (Lipinski definition) is 9. The van der Waals surface area contributed by atoms with Crippen molar-refractivity contribution in [3.63, 3.8) is 0 Å². The number of nitrogens with zero attached hydrogens (tertiary/aromatic N) is 4. The first-order valence-corrected chi connectivity index (χ1v) is 10.8. The quantitative estimate of drug-likeness (QED) is 0.320. The number of pyridine rings is 1. The third-order valence-corrected chi connectivity index (χ3v) is 5.46. The van der Waals surface area contributed by atoms with E-state index in [0.717, 1.165) is 17.5 Å². The van der Waals surface area contributed by atoms with Crippen molar-refractivity contribution < 1.29 is 22.8 Å². The summed E-state index contributed by atoms with van der Waals surface area (Å²) in [5.41, 5.74) is -0.969. The van der Waals surface area contributed by atoms with Crippen LogP contribution >= 0.6 is 22.9 Å². The van der Waals surface area contributed by atoms with E-state index in [-0.39, 0.29) is 22.9 Å². The Labute approximate surface area is 200 Å². The van der Waals surface area contributed by atoms with E-state index >= 15 is 0 Å². The minimum Gasteiger partial charge on any atom is -0.369 e. The summed E-state index contributed by atoms with van der Waals surface area (Å²) < 4.78 is 38.9. The van der Waals surface area contributed by atoms with Gasteiger partial charge in [0.1, 0.15) is 33.5 Å². The molecule has 4 N–H and O–H groups in total. The molecule has 0 aliphatic heterocycles. The first kappa shape index (κ1) is 25.3. The van der Waals surface area contributed by atoms with Crippen LogP contribution in [0.1, 0.15) is 30.7 Å². The van der Waals surface area contributed by atoms with Crippen molar-refractivity contribution >= 4 is 46.4 Å². The molecule has 0 spiro atoms. The molecule has 0 atom stereocenters. The van der Waals surface area contributed by atoms with Gasteiger partial charge < -0.3 is 21.3 Å². The smallest absolute Gasteiger partial charge is 0.369 e. The lowest BCUT2D eigenvalue weighted by molar-refractivity contribution is -0.137. The lowest BCUT2D eigenvalue weighted by atomic mass is 10.2. The van der Waals surface area contributed by atoms with Crippen LogP contribution in [0.15, 0.2) is 30.9 Å². The number of halogens is 4. The van der Waals surface area contributed by atoms with Gasteiger partial charge in [-0.25, -0.2) is 19.9 Å². The van der Waals surface area contributed by atoms with Crippen molar-refractivity contribution in [3.8, 4) is 0 Å². The number of nitrogens with one attached hydrogen (secondary N) is 4. The molecule has 0 saturated heterocycles. The van der Waals surface area contributed by atoms with Gasteiger partial charge in [0.05, 0.1) is 23.3 Å². The van der Waals surface area contributed by atoms with E-state index in [0.29, 0.717) is 30.0 Å². The number of amides is 2. The van der Waals surface area contributed by atoms with Crippen LogP contribution in [0.2, 0.25) is 5.02 Å². The predicted octanol–water partition coefficient (Wildman–Crippen LogP) is 2.81. The Morgan fingerprint density at radius 3 is 2.56 bits per heavy atom. The molecule has 0 aliphatic rings. The topological polar surface area (TPSA) is 134 Å². The predicted molar refractivity (Wildman–Crippen MR) is 120 cm³/mol. The first-order chi connectivity index (χ1) is 16.2. The molecule has 0 aliphatic carbocycles. The zero-order chi connectivity index (χ0) is 24.7. The second kappa shape index (κ2) is 11.2. The number of alkyl halides is 3. The summed E-state index contributed by atoms with van der Waals surface area (Å²) in [6, 6.07) is 2.14. The van der Waals surface area contributed by atoms with Crippen LogP contribution in [0.25, 0.3) is 0 Å². The first-order valence-electron chi connectivity index (χ1n) is 9.65. The third-order valence-electron chi connectivity index (χ3n) is 4.16. The molecular weight excluding hydrogens is 497 g/mol. The lowest BCUT2D eigenvalue weighted by Crippen LogP contribution is -2.24. The van der Waals surface area contributed by atoms with Gasteiger partial charge in [0.2, 0.25) is 0 Å². The van der Waals surface area contributed by atoms with E-state index in [1.807, 2.05) is 7.05 Å². The summed E-state index contributed by atoms with van der Waals surface area (Å²) in [7, 11) is 1.81. The minimum absolute atomic E-state index is 0.0146. The van der Waals surface area contributed by atoms with E-state index in [1.165, 1.54) is 18.6 Å². The summed E-state index contributed by atoms with van der Waals surface area (Å²) in [5, 5.41) is 10.8. The Bertz CT molecular complexity index is 1170. The maximum atomic E-state index is 13.0. The number of hydrogen-bond donors (Lipinski definition) is 4. The molecule has 0 unspecified atom stereocenters. The monoisotopic (exact) mass is 514 g/mol. The van der Waals surface area contributed by atoms with Crippen LogP contribution in [0.5, 0.6) is 0 Å². The Kier molecular flexibility index (Phi) is 8.31. The van der Waals surface area contributed by atoms with E-state index in [2.05, 4.69) is 41.2 Å². The maximum absolute atomic E-state index is 13.0. The van der Waals surface area contributed by atoms with E-state index in [4.69, 9.17) is 11.6 Å². The van der Waals surface area contributed by atoms with Crippen molar-refractivity contribution in [2.24, 2.45) is 0 Å². The molecule has 0 radical (unpaired) electrons. The number of likely N-dealkylation sites (N-methyl/N-ethyl adjacent to an activating group) is 1. The maximum Gasteiger partial charge on any atom is 0.418 e. The Balaban J connectivity index is 1.58. The lowest BCUT2D eigenvalue weighted by Gasteiger charge is -2.10. The summed E-state index contributed by atoms with van der Waals surface area (Å²) in [6.45, 7) is 1.34. The highest BCUT2D eigenvalue weighted by Crippen LogP contribution is 2.35. The summed E-state index contributed by atoms with van der Waals surface area (Å²) in [4.78, 5) is 40.6. The second-order valence-electron chi connectivity index (χ2n) is 6.62. The standard InChI is InChI=1S/C19H18ClF3N8O2S/c1-24-2-3-25-14-5-12(29-9-30-14)17(32)28-8-16-27-7-13(34-16)18(33)31-15-4-10(19(21,22)23)11(20)6-26-15/h4-7,9,24H,2-3,8H2,1H3,(H,28,32)(H,25,29,30)(H,26,31,33). The van der Waals surface area contributed by atoms with Gasteiger partial charge >= 0.3 is 6.18 Å². The molecule has 180 valence electrons. The van der Waals surface area contributed by atoms with Gasteiger partial charge in [0.15, 0.2) is 0 Å². The fraction of sp³-hybridized carbons (Fsp3) is 0.263. The van der Waals surface area contributed by atoms with E-state index < -0.39 is 28.6 Å². The number of rotatable bonds is 9. The highest BCUT2D eigenvalue weighted by Gasteiger charge is 2.34. The minimum atomic E-state index is -4.69. The van der Waals surface area contributed by atoms with Crippen LogP contribution in [-0.4, -0.2) is 51.9 Å². The Morgan fingerprint density at radius 1 is 1.03 bits per heavy atom. The second-order valence-corrected chi connectivity index (χ2v) is 8.14. The van der Waals surface area contributed by atoms with Crippen LogP contribution in [0.4, 0.5) is 24.8 Å². The van der Waals surface area contributed by atoms with Gasteiger partial charge in [0, 0.05) is 25.4 Å². The van der Waals surface area contributed by atoms with Crippen molar-refractivity contribution in [2.45, 2.75) is 12.7 Å². The van der Waals surface area contributed by atoms with Crippen LogP contribution in [0.3, 0.4) is 0 Å². The molecule has 0 aromatic carbocycles. The van der Waals surface area contributed by atoms with Crippen LogP contribution < -0.4 is 21.3 Å². The molecule has 10 nitrogen and oxygen atoms in total. The zero-order valence-electron chi connectivity index (χ0n) is 17.5. The third kappa shape index (κ3) is 6.82. The summed E-state index contributed by atoms with van der Waals surface area (Å²) >= 11 is 6.49. The number of thiazole rings is 1. The zero-order valence-corrected chi connectivity index (χ0v) is 19.1. The molecule has 3 rings (SSSR count). The van der Waals surface area contributed by atoms with Crippen LogP contribution in [-0.2, 0) is 12.7 Å². The van der Waals surface area contributed by atoms with Crippen molar-refractivity contribution in [1.29, 1.82) is 0 Å².